The third kappa shape index (κ3) is 6.02. The highest BCUT2D eigenvalue weighted by Crippen LogP contribution is 2.39. The SMILES string of the molecule is C[C@@](CNc1cc(C(F)(F)F)nc2cc(C(F)(F)F)nn12)(c1ccc(F)cc1)[C@H]1CCN(C(=O)NCCO)C1. The minimum Gasteiger partial charge on any atom is -0.395 e. The number of hydrogen-bond donors (Lipinski definition) is 3. The highest BCUT2D eigenvalue weighted by Gasteiger charge is 2.42. The lowest BCUT2D eigenvalue weighted by Crippen LogP contribution is -2.43. The van der Waals surface area contributed by atoms with Gasteiger partial charge in [0.05, 0.1) is 6.61 Å². The van der Waals surface area contributed by atoms with Crippen LogP contribution >= 0.6 is 0 Å². The van der Waals surface area contributed by atoms with Gasteiger partial charge >= 0.3 is 18.4 Å². The molecule has 3 aromatic rings. The molecule has 212 valence electrons. The van der Waals surface area contributed by atoms with Crippen molar-refractivity contribution in [3.05, 3.63) is 59.2 Å². The summed E-state index contributed by atoms with van der Waals surface area (Å²) < 4.78 is 94.8. The Morgan fingerprint density at radius 1 is 1.08 bits per heavy atom. The van der Waals surface area contributed by atoms with Gasteiger partial charge in [0, 0.05) is 43.7 Å². The number of aliphatic hydroxyl groups is 1. The number of carbonyl (C=O) groups is 1. The van der Waals surface area contributed by atoms with Crippen LogP contribution < -0.4 is 10.6 Å². The van der Waals surface area contributed by atoms with E-state index in [0.29, 0.717) is 35.2 Å². The molecule has 4 rings (SSSR count). The average molecular weight is 562 g/mol. The van der Waals surface area contributed by atoms with E-state index in [1.807, 2.05) is 0 Å². The van der Waals surface area contributed by atoms with Crippen LogP contribution in [0.2, 0.25) is 0 Å². The molecule has 2 aromatic heterocycles. The van der Waals surface area contributed by atoms with E-state index in [1.165, 1.54) is 29.2 Å². The first kappa shape index (κ1) is 28.4. The topological polar surface area (TPSA) is 94.8 Å². The summed E-state index contributed by atoms with van der Waals surface area (Å²) in [6.45, 7) is 2.09. The molecule has 1 aromatic carbocycles. The molecule has 1 fully saturated rings. The minimum absolute atomic E-state index is 0.0557. The second-order valence-electron chi connectivity index (χ2n) is 9.49. The van der Waals surface area contributed by atoms with Gasteiger partial charge in [-0.1, -0.05) is 19.1 Å². The molecule has 0 spiro atoms. The second kappa shape index (κ2) is 10.5. The van der Waals surface area contributed by atoms with E-state index in [9.17, 15) is 35.5 Å². The Morgan fingerprint density at radius 3 is 2.36 bits per heavy atom. The maximum atomic E-state index is 13.7. The molecule has 39 heavy (non-hydrogen) atoms. The first-order chi connectivity index (χ1) is 18.2. The summed E-state index contributed by atoms with van der Waals surface area (Å²) >= 11 is 0. The van der Waals surface area contributed by atoms with Crippen LogP contribution in [0.15, 0.2) is 36.4 Å². The van der Waals surface area contributed by atoms with Crippen LogP contribution in [0.25, 0.3) is 5.65 Å². The number of halogens is 7. The number of hydrogen-bond acceptors (Lipinski definition) is 5. The highest BCUT2D eigenvalue weighted by molar-refractivity contribution is 5.74. The summed E-state index contributed by atoms with van der Waals surface area (Å²) in [5.74, 6) is -1.14. The van der Waals surface area contributed by atoms with Gasteiger partial charge in [-0.2, -0.15) is 36.0 Å². The van der Waals surface area contributed by atoms with Crippen molar-refractivity contribution in [2.45, 2.75) is 31.1 Å². The van der Waals surface area contributed by atoms with E-state index in [4.69, 9.17) is 5.11 Å². The average Bonchev–Trinajstić information content (AvgIpc) is 3.53. The Bertz CT molecular complexity index is 1330. The molecule has 2 amide bonds. The van der Waals surface area contributed by atoms with Gasteiger partial charge in [-0.25, -0.2) is 14.2 Å². The third-order valence-corrected chi connectivity index (χ3v) is 6.91. The van der Waals surface area contributed by atoms with Crippen LogP contribution in [-0.2, 0) is 17.8 Å². The number of benzene rings is 1. The molecular formula is C24H25F7N6O2. The van der Waals surface area contributed by atoms with Crippen molar-refractivity contribution >= 4 is 17.5 Å². The lowest BCUT2D eigenvalue weighted by Gasteiger charge is -2.37. The lowest BCUT2D eigenvalue weighted by atomic mass is 9.71. The number of likely N-dealkylation sites (tertiary alicyclic amines) is 1. The van der Waals surface area contributed by atoms with E-state index in [-0.39, 0.29) is 38.0 Å². The Hall–Kier alpha value is -3.62. The molecule has 3 N–H and O–H groups in total. The Kier molecular flexibility index (Phi) is 7.65. The molecule has 8 nitrogen and oxygen atoms in total. The summed E-state index contributed by atoms with van der Waals surface area (Å²) in [6, 6.07) is 6.10. The summed E-state index contributed by atoms with van der Waals surface area (Å²) in [5, 5.41) is 17.8. The molecule has 1 saturated heterocycles. The number of amides is 2. The molecule has 0 bridgehead atoms. The van der Waals surface area contributed by atoms with E-state index >= 15 is 0 Å². The Balaban J connectivity index is 1.70. The first-order valence-electron chi connectivity index (χ1n) is 11.9. The summed E-state index contributed by atoms with van der Waals surface area (Å²) in [6.07, 6.45) is -9.35. The highest BCUT2D eigenvalue weighted by atomic mass is 19.4. The number of anilines is 1. The monoisotopic (exact) mass is 562 g/mol. The number of fused-ring (bicyclic) bond motifs is 1. The number of aromatic nitrogens is 3. The number of rotatable bonds is 7. The number of urea groups is 1. The van der Waals surface area contributed by atoms with Crippen LogP contribution in [0.5, 0.6) is 0 Å². The molecule has 0 saturated carbocycles. The zero-order valence-corrected chi connectivity index (χ0v) is 20.6. The Morgan fingerprint density at radius 2 is 1.74 bits per heavy atom. The van der Waals surface area contributed by atoms with Gasteiger partial charge in [0.2, 0.25) is 0 Å². The lowest BCUT2D eigenvalue weighted by molar-refractivity contribution is -0.142. The predicted octanol–water partition coefficient (Wildman–Crippen LogP) is 4.30. The number of carbonyl (C=O) groups excluding carboxylic acids is 1. The van der Waals surface area contributed by atoms with E-state index in [1.54, 1.807) is 6.92 Å². The van der Waals surface area contributed by atoms with Crippen molar-refractivity contribution in [2.24, 2.45) is 5.92 Å². The maximum absolute atomic E-state index is 13.7. The third-order valence-electron chi connectivity index (χ3n) is 6.91. The number of alkyl halides is 6. The molecule has 0 radical (unpaired) electrons. The molecule has 15 heteroatoms. The van der Waals surface area contributed by atoms with E-state index < -0.39 is 46.7 Å². The van der Waals surface area contributed by atoms with Crippen molar-refractivity contribution < 1.29 is 40.6 Å². The maximum Gasteiger partial charge on any atom is 0.435 e. The van der Waals surface area contributed by atoms with Gasteiger partial charge in [-0.05, 0) is 30.0 Å². The number of aliphatic hydroxyl groups excluding tert-OH is 1. The van der Waals surface area contributed by atoms with Crippen molar-refractivity contribution in [1.29, 1.82) is 0 Å². The fourth-order valence-electron chi connectivity index (χ4n) is 4.71. The predicted molar refractivity (Wildman–Crippen MR) is 125 cm³/mol. The number of nitrogens with zero attached hydrogens (tertiary/aromatic N) is 4. The number of nitrogens with one attached hydrogen (secondary N) is 2. The Labute approximate surface area is 217 Å². The fraction of sp³-hybridized carbons (Fsp3) is 0.458. The standard InChI is InChI=1S/C24H25F7N6O2/c1-22(14-2-4-16(25)5-3-14,15-6-8-36(12-15)21(39)32-7-9-38)13-33-19-10-17(23(26,27)28)34-20-11-18(24(29,30)31)35-37(19)20/h2-5,10-11,15,33,38H,6-9,12-13H2,1H3,(H,32,39)/t15-,22+/m0/s1. The molecule has 1 aliphatic heterocycles. The van der Waals surface area contributed by atoms with Crippen molar-refractivity contribution in [3.8, 4) is 0 Å². The van der Waals surface area contributed by atoms with Crippen LogP contribution in [0.3, 0.4) is 0 Å². The summed E-state index contributed by atoms with van der Waals surface area (Å²) in [4.78, 5) is 17.3. The normalized spacial score (nSPS) is 17.9. The van der Waals surface area contributed by atoms with Crippen LogP contribution in [0.1, 0.15) is 30.3 Å². The van der Waals surface area contributed by atoms with Crippen molar-refractivity contribution in [1.82, 2.24) is 24.8 Å². The molecule has 2 atom stereocenters. The second-order valence-corrected chi connectivity index (χ2v) is 9.49. The smallest absolute Gasteiger partial charge is 0.395 e. The minimum atomic E-state index is -4.94. The molecule has 0 unspecified atom stereocenters. The van der Waals surface area contributed by atoms with Gasteiger partial charge in [-0.3, -0.25) is 0 Å². The van der Waals surface area contributed by atoms with Gasteiger partial charge < -0.3 is 20.6 Å². The van der Waals surface area contributed by atoms with Gasteiger partial charge in [0.25, 0.3) is 0 Å². The molecule has 1 aliphatic rings. The fourth-order valence-corrected chi connectivity index (χ4v) is 4.71. The van der Waals surface area contributed by atoms with Crippen molar-refractivity contribution in [3.63, 3.8) is 0 Å². The van der Waals surface area contributed by atoms with Crippen LogP contribution in [0.4, 0.5) is 41.3 Å². The van der Waals surface area contributed by atoms with Gasteiger partial charge in [0.1, 0.15) is 11.6 Å². The summed E-state index contributed by atoms with van der Waals surface area (Å²) in [5.41, 5.74) is -3.75. The largest absolute Gasteiger partial charge is 0.435 e. The van der Waals surface area contributed by atoms with Crippen LogP contribution in [-0.4, -0.2) is 63.4 Å². The quantitative estimate of drug-likeness (QED) is 0.374. The van der Waals surface area contributed by atoms with Gasteiger partial charge in [0.15, 0.2) is 17.0 Å². The molecule has 3 heterocycles. The molecular weight excluding hydrogens is 537 g/mol. The summed E-state index contributed by atoms with van der Waals surface area (Å²) in [7, 11) is 0. The van der Waals surface area contributed by atoms with Gasteiger partial charge in [-0.15, -0.1) is 0 Å². The zero-order chi connectivity index (χ0) is 28.6. The first-order valence-corrected chi connectivity index (χ1v) is 11.9. The van der Waals surface area contributed by atoms with Crippen molar-refractivity contribution in [2.75, 3.05) is 38.1 Å². The molecule has 0 aliphatic carbocycles. The van der Waals surface area contributed by atoms with E-state index in [0.717, 1.165) is 0 Å². The zero-order valence-electron chi connectivity index (χ0n) is 20.6. The van der Waals surface area contributed by atoms with Crippen LogP contribution in [0, 0.1) is 11.7 Å². The van der Waals surface area contributed by atoms with E-state index in [2.05, 4.69) is 20.7 Å².